The summed E-state index contributed by atoms with van der Waals surface area (Å²) in [6.07, 6.45) is 0.886. The molecule has 2 N–H and O–H groups in total. The second kappa shape index (κ2) is 8.97. The van der Waals surface area contributed by atoms with Crippen LogP contribution in [0.1, 0.15) is 36.5 Å². The molecule has 32 heavy (non-hydrogen) atoms. The number of aliphatic hydroxyl groups excluding tert-OH is 1. The number of hydrogen-bond donors (Lipinski definition) is 2. The Bertz CT molecular complexity index is 1070. The highest BCUT2D eigenvalue weighted by Gasteiger charge is 2.55. The lowest BCUT2D eigenvalue weighted by Gasteiger charge is -2.53. The number of carbonyl (C=O) groups excluding carboxylic acids is 2. The maximum absolute atomic E-state index is 14.3. The molecule has 0 aromatic heterocycles. The topological polar surface area (TPSA) is 69.6 Å². The van der Waals surface area contributed by atoms with Crippen LogP contribution >= 0.6 is 0 Å². The third-order valence-electron chi connectivity index (χ3n) is 6.45. The molecule has 0 bridgehead atoms. The van der Waals surface area contributed by atoms with Crippen LogP contribution in [0.3, 0.4) is 0 Å². The Labute approximate surface area is 188 Å². The number of piperidine rings is 1. The minimum atomic E-state index is -1.19. The average molecular weight is 429 g/mol. The Hall–Kier alpha value is -3.44. The van der Waals surface area contributed by atoms with E-state index in [9.17, 15) is 14.7 Å². The lowest BCUT2D eigenvalue weighted by molar-refractivity contribution is -0.160. The zero-order chi connectivity index (χ0) is 22.6. The van der Waals surface area contributed by atoms with Gasteiger partial charge in [0.2, 0.25) is 5.91 Å². The lowest BCUT2D eigenvalue weighted by atomic mass is 9.71. The van der Waals surface area contributed by atoms with Gasteiger partial charge in [0, 0.05) is 13.5 Å². The van der Waals surface area contributed by atoms with Crippen molar-refractivity contribution in [1.82, 2.24) is 10.2 Å². The number of likely N-dealkylation sites (tertiary alicyclic amines) is 1. The van der Waals surface area contributed by atoms with E-state index in [1.54, 1.807) is 4.90 Å². The molecule has 1 heterocycles. The second-order valence-corrected chi connectivity index (χ2v) is 8.39. The first kappa shape index (κ1) is 21.8. The van der Waals surface area contributed by atoms with Gasteiger partial charge >= 0.3 is 0 Å². The average Bonchev–Trinajstić information content (AvgIpc) is 2.83. The van der Waals surface area contributed by atoms with Crippen molar-refractivity contribution in [2.45, 2.75) is 37.4 Å². The van der Waals surface area contributed by atoms with E-state index in [4.69, 9.17) is 0 Å². The number of hydrogen-bond acceptors (Lipinski definition) is 3. The van der Waals surface area contributed by atoms with Crippen molar-refractivity contribution < 1.29 is 14.7 Å². The molecule has 2 atom stereocenters. The van der Waals surface area contributed by atoms with Crippen LogP contribution in [0.25, 0.3) is 0 Å². The van der Waals surface area contributed by atoms with Crippen LogP contribution in [-0.2, 0) is 27.2 Å². The fourth-order valence-electron chi connectivity index (χ4n) is 4.83. The molecule has 0 radical (unpaired) electrons. The maximum atomic E-state index is 14.3. The smallest absolute Gasteiger partial charge is 0.254 e. The molecule has 1 fully saturated rings. The van der Waals surface area contributed by atoms with Crippen LogP contribution in [0.4, 0.5) is 0 Å². The van der Waals surface area contributed by atoms with Gasteiger partial charge in [-0.25, -0.2) is 0 Å². The summed E-state index contributed by atoms with van der Waals surface area (Å²) in [5.74, 6) is -0.482. The van der Waals surface area contributed by atoms with Crippen molar-refractivity contribution >= 4 is 11.8 Å². The lowest BCUT2D eigenvalue weighted by Crippen LogP contribution is -2.66. The fourth-order valence-corrected chi connectivity index (χ4v) is 4.83. The first-order valence-electron chi connectivity index (χ1n) is 10.9. The monoisotopic (exact) mass is 428 g/mol. The van der Waals surface area contributed by atoms with Crippen LogP contribution in [0.5, 0.6) is 0 Å². The van der Waals surface area contributed by atoms with Crippen LogP contribution in [0.15, 0.2) is 91.0 Å². The standard InChI is InChI=1S/C27H28N2O3/c1-21(31)28-27(24-15-9-4-10-16-24)18-17-26(20-30,23-13-7-3-8-14-23)29(25(27)32)19-22-11-5-2-6-12-22/h2-16,30H,17-20H2,1H3,(H,28,31)/t26-,27+/m1/s1. The number of amides is 2. The molecular weight excluding hydrogens is 400 g/mol. The summed E-state index contributed by atoms with van der Waals surface area (Å²) in [5, 5.41) is 13.7. The molecule has 164 valence electrons. The SMILES string of the molecule is CC(=O)N[C@]1(c2ccccc2)CC[C@@](CO)(c2ccccc2)N(Cc2ccccc2)C1=O. The fraction of sp³-hybridized carbons (Fsp3) is 0.259. The summed E-state index contributed by atoms with van der Waals surface area (Å²) in [6, 6.07) is 28.8. The van der Waals surface area contributed by atoms with E-state index in [-0.39, 0.29) is 18.4 Å². The van der Waals surface area contributed by atoms with E-state index in [0.717, 1.165) is 16.7 Å². The summed E-state index contributed by atoms with van der Waals surface area (Å²) < 4.78 is 0. The molecule has 0 saturated carbocycles. The summed E-state index contributed by atoms with van der Waals surface area (Å²) in [5.41, 5.74) is 0.524. The molecule has 4 rings (SSSR count). The number of carbonyl (C=O) groups is 2. The summed E-state index contributed by atoms with van der Waals surface area (Å²) >= 11 is 0. The molecule has 0 unspecified atom stereocenters. The molecule has 0 spiro atoms. The molecule has 1 aliphatic rings. The minimum Gasteiger partial charge on any atom is -0.394 e. The molecule has 5 heteroatoms. The van der Waals surface area contributed by atoms with E-state index in [0.29, 0.717) is 19.4 Å². The van der Waals surface area contributed by atoms with Gasteiger partial charge in [0.25, 0.3) is 5.91 Å². The predicted molar refractivity (Wildman–Crippen MR) is 123 cm³/mol. The normalized spacial score (nSPS) is 23.1. The number of nitrogens with zero attached hydrogens (tertiary/aromatic N) is 1. The highest BCUT2D eigenvalue weighted by molar-refractivity contribution is 5.93. The highest BCUT2D eigenvalue weighted by Crippen LogP contribution is 2.46. The Morgan fingerprint density at radius 2 is 1.41 bits per heavy atom. The van der Waals surface area contributed by atoms with E-state index < -0.39 is 11.1 Å². The van der Waals surface area contributed by atoms with Crippen LogP contribution < -0.4 is 5.32 Å². The summed E-state index contributed by atoms with van der Waals surface area (Å²) in [4.78, 5) is 28.4. The van der Waals surface area contributed by atoms with E-state index in [1.807, 2.05) is 91.0 Å². The second-order valence-electron chi connectivity index (χ2n) is 8.39. The quantitative estimate of drug-likeness (QED) is 0.629. The molecular formula is C27H28N2O3. The van der Waals surface area contributed by atoms with Gasteiger partial charge in [-0.15, -0.1) is 0 Å². The van der Waals surface area contributed by atoms with Gasteiger partial charge in [0.05, 0.1) is 12.1 Å². The van der Waals surface area contributed by atoms with Crippen molar-refractivity contribution in [2.24, 2.45) is 0 Å². The van der Waals surface area contributed by atoms with Crippen LogP contribution in [0, 0.1) is 0 Å². The van der Waals surface area contributed by atoms with Gasteiger partial charge in [-0.3, -0.25) is 9.59 Å². The van der Waals surface area contributed by atoms with Gasteiger partial charge in [0.1, 0.15) is 5.54 Å². The zero-order valence-corrected chi connectivity index (χ0v) is 18.2. The van der Waals surface area contributed by atoms with E-state index in [1.165, 1.54) is 6.92 Å². The number of aliphatic hydroxyl groups is 1. The van der Waals surface area contributed by atoms with E-state index in [2.05, 4.69) is 5.32 Å². The minimum absolute atomic E-state index is 0.208. The third kappa shape index (κ3) is 3.80. The molecule has 2 amide bonds. The number of rotatable bonds is 6. The van der Waals surface area contributed by atoms with Gasteiger partial charge in [-0.05, 0) is 29.5 Å². The summed E-state index contributed by atoms with van der Waals surface area (Å²) in [6.45, 7) is 1.55. The Kier molecular flexibility index (Phi) is 6.10. The Balaban J connectivity index is 1.87. The van der Waals surface area contributed by atoms with Crippen molar-refractivity contribution in [3.05, 3.63) is 108 Å². The molecule has 1 saturated heterocycles. The van der Waals surface area contributed by atoms with Crippen molar-refractivity contribution in [2.75, 3.05) is 6.61 Å². The van der Waals surface area contributed by atoms with Crippen molar-refractivity contribution in [1.29, 1.82) is 0 Å². The summed E-state index contributed by atoms with van der Waals surface area (Å²) in [7, 11) is 0. The Morgan fingerprint density at radius 1 is 0.875 bits per heavy atom. The van der Waals surface area contributed by atoms with Gasteiger partial charge in [0.15, 0.2) is 0 Å². The van der Waals surface area contributed by atoms with Crippen molar-refractivity contribution in [3.63, 3.8) is 0 Å². The van der Waals surface area contributed by atoms with Crippen LogP contribution in [-0.4, -0.2) is 28.4 Å². The molecule has 0 aliphatic carbocycles. The zero-order valence-electron chi connectivity index (χ0n) is 18.2. The van der Waals surface area contributed by atoms with E-state index >= 15 is 0 Å². The largest absolute Gasteiger partial charge is 0.394 e. The number of benzene rings is 3. The molecule has 3 aromatic rings. The van der Waals surface area contributed by atoms with Gasteiger partial charge in [-0.1, -0.05) is 91.0 Å². The first-order chi connectivity index (χ1) is 15.5. The molecule has 5 nitrogen and oxygen atoms in total. The van der Waals surface area contributed by atoms with Gasteiger partial charge in [-0.2, -0.15) is 0 Å². The first-order valence-corrected chi connectivity index (χ1v) is 10.9. The predicted octanol–water partition coefficient (Wildman–Crippen LogP) is 3.73. The highest BCUT2D eigenvalue weighted by atomic mass is 16.3. The third-order valence-corrected chi connectivity index (χ3v) is 6.45. The Morgan fingerprint density at radius 3 is 1.94 bits per heavy atom. The molecule has 1 aliphatic heterocycles. The maximum Gasteiger partial charge on any atom is 0.254 e. The number of nitrogens with one attached hydrogen (secondary N) is 1. The van der Waals surface area contributed by atoms with Crippen LogP contribution in [0.2, 0.25) is 0 Å². The van der Waals surface area contributed by atoms with Gasteiger partial charge < -0.3 is 15.3 Å². The van der Waals surface area contributed by atoms with Crippen molar-refractivity contribution in [3.8, 4) is 0 Å². The molecule has 3 aromatic carbocycles.